The molecule has 1 atom stereocenters. The number of esters is 1. The molecule has 0 aliphatic carbocycles. The fourth-order valence-corrected chi connectivity index (χ4v) is 3.28. The second-order valence-corrected chi connectivity index (χ2v) is 7.80. The van der Waals surface area contributed by atoms with Gasteiger partial charge in [0.1, 0.15) is 11.5 Å². The first-order valence-electron chi connectivity index (χ1n) is 10.9. The minimum Gasteiger partial charge on any atom is -0.480 e. The van der Waals surface area contributed by atoms with E-state index in [1.807, 2.05) is 61.5 Å². The average Bonchev–Trinajstić information content (AvgIpc) is 2.85. The van der Waals surface area contributed by atoms with E-state index in [-0.39, 0.29) is 5.91 Å². The van der Waals surface area contributed by atoms with E-state index in [1.165, 1.54) is 6.21 Å². The monoisotopic (exact) mass is 452 g/mol. The van der Waals surface area contributed by atoms with Gasteiger partial charge in [-0.3, -0.25) is 4.79 Å². The van der Waals surface area contributed by atoms with Gasteiger partial charge in [-0.1, -0.05) is 54.1 Å². The lowest BCUT2D eigenvalue weighted by molar-refractivity contribution is -0.127. The summed E-state index contributed by atoms with van der Waals surface area (Å²) in [4.78, 5) is 24.6. The zero-order chi connectivity index (χ0) is 23.9. The Labute approximate surface area is 197 Å². The van der Waals surface area contributed by atoms with Gasteiger partial charge in [-0.2, -0.15) is 5.10 Å². The Kier molecular flexibility index (Phi) is 6.98. The molecule has 0 spiro atoms. The molecule has 6 nitrogen and oxygen atoms in total. The van der Waals surface area contributed by atoms with Crippen LogP contribution in [0.3, 0.4) is 0 Å². The number of hydrazone groups is 1. The van der Waals surface area contributed by atoms with Crippen molar-refractivity contribution in [2.75, 3.05) is 0 Å². The van der Waals surface area contributed by atoms with Gasteiger partial charge in [0.25, 0.3) is 5.91 Å². The molecular weight excluding hydrogens is 428 g/mol. The predicted octanol–water partition coefficient (Wildman–Crippen LogP) is 5.29. The van der Waals surface area contributed by atoms with E-state index in [4.69, 9.17) is 9.47 Å². The van der Waals surface area contributed by atoms with Crippen LogP contribution in [-0.4, -0.2) is 24.2 Å². The lowest BCUT2D eigenvalue weighted by Gasteiger charge is -2.14. The molecule has 170 valence electrons. The topological polar surface area (TPSA) is 77.0 Å². The summed E-state index contributed by atoms with van der Waals surface area (Å²) in [5.41, 5.74) is 4.78. The Morgan fingerprint density at radius 3 is 2.35 bits per heavy atom. The highest BCUT2D eigenvalue weighted by Crippen LogP contribution is 2.26. The molecule has 0 aliphatic heterocycles. The largest absolute Gasteiger partial charge is 0.480 e. The first-order chi connectivity index (χ1) is 16.5. The molecule has 4 rings (SSSR count). The second-order valence-electron chi connectivity index (χ2n) is 7.80. The smallest absolute Gasteiger partial charge is 0.343 e. The van der Waals surface area contributed by atoms with Crippen LogP contribution in [0.2, 0.25) is 0 Å². The third-order valence-electron chi connectivity index (χ3n) is 5.19. The van der Waals surface area contributed by atoms with Gasteiger partial charge < -0.3 is 9.47 Å². The molecule has 1 amide bonds. The Bertz CT molecular complexity index is 1320. The summed E-state index contributed by atoms with van der Waals surface area (Å²) in [5, 5.41) is 5.98. The number of ether oxygens (including phenoxy) is 2. The zero-order valence-electron chi connectivity index (χ0n) is 18.9. The first kappa shape index (κ1) is 22.7. The maximum absolute atomic E-state index is 12.4. The van der Waals surface area contributed by atoms with E-state index in [2.05, 4.69) is 10.5 Å². The van der Waals surface area contributed by atoms with E-state index in [1.54, 1.807) is 43.3 Å². The number of hydrogen-bond donors (Lipinski definition) is 1. The van der Waals surface area contributed by atoms with Crippen LogP contribution in [0.1, 0.15) is 28.4 Å². The summed E-state index contributed by atoms with van der Waals surface area (Å²) >= 11 is 0. The number of aryl methyl sites for hydroxylation is 1. The van der Waals surface area contributed by atoms with Gasteiger partial charge >= 0.3 is 5.97 Å². The maximum Gasteiger partial charge on any atom is 0.343 e. The van der Waals surface area contributed by atoms with Crippen LogP contribution >= 0.6 is 0 Å². The van der Waals surface area contributed by atoms with Crippen LogP contribution in [-0.2, 0) is 4.79 Å². The molecule has 0 bridgehead atoms. The van der Waals surface area contributed by atoms with E-state index in [0.717, 1.165) is 21.9 Å². The van der Waals surface area contributed by atoms with Crippen molar-refractivity contribution in [3.05, 3.63) is 108 Å². The molecular formula is C28H24N2O4. The summed E-state index contributed by atoms with van der Waals surface area (Å²) in [6.07, 6.45) is 0.778. The maximum atomic E-state index is 12.4. The van der Waals surface area contributed by atoms with Crippen molar-refractivity contribution in [3.8, 4) is 11.5 Å². The van der Waals surface area contributed by atoms with Crippen molar-refractivity contribution in [1.29, 1.82) is 0 Å². The average molecular weight is 453 g/mol. The van der Waals surface area contributed by atoms with Crippen molar-refractivity contribution in [3.63, 3.8) is 0 Å². The molecule has 0 radical (unpaired) electrons. The Morgan fingerprint density at radius 1 is 0.882 bits per heavy atom. The number of rotatable bonds is 7. The van der Waals surface area contributed by atoms with Crippen LogP contribution in [0.4, 0.5) is 0 Å². The molecule has 0 heterocycles. The van der Waals surface area contributed by atoms with Crippen LogP contribution in [0.25, 0.3) is 10.8 Å². The molecule has 0 saturated carbocycles. The van der Waals surface area contributed by atoms with Gasteiger partial charge in [0.05, 0.1) is 11.8 Å². The van der Waals surface area contributed by atoms with Crippen molar-refractivity contribution in [1.82, 2.24) is 5.43 Å². The van der Waals surface area contributed by atoms with Gasteiger partial charge in [-0.15, -0.1) is 0 Å². The summed E-state index contributed by atoms with van der Waals surface area (Å²) in [7, 11) is 0. The molecule has 4 aromatic carbocycles. The molecule has 0 aliphatic rings. The molecule has 6 heteroatoms. The highest BCUT2D eigenvalue weighted by molar-refractivity contribution is 5.91. The minimum atomic E-state index is -0.730. The number of fused-ring (bicyclic) bond motifs is 1. The number of carbonyl (C=O) groups excluding carboxylic acids is 2. The van der Waals surface area contributed by atoms with Crippen molar-refractivity contribution in [2.45, 2.75) is 20.0 Å². The number of nitrogens with one attached hydrogen (secondary N) is 1. The second kappa shape index (κ2) is 10.4. The Balaban J connectivity index is 1.30. The number of amides is 1. The fourth-order valence-electron chi connectivity index (χ4n) is 3.28. The molecule has 1 N–H and O–H groups in total. The Morgan fingerprint density at radius 2 is 1.59 bits per heavy atom. The quantitative estimate of drug-likeness (QED) is 0.179. The first-order valence-corrected chi connectivity index (χ1v) is 10.9. The van der Waals surface area contributed by atoms with Gasteiger partial charge in [0.2, 0.25) is 0 Å². The molecule has 0 saturated heterocycles. The van der Waals surface area contributed by atoms with Crippen LogP contribution in [0.15, 0.2) is 96.1 Å². The van der Waals surface area contributed by atoms with Gasteiger partial charge in [0, 0.05) is 5.39 Å². The van der Waals surface area contributed by atoms with Gasteiger partial charge in [-0.25, -0.2) is 10.2 Å². The summed E-state index contributed by atoms with van der Waals surface area (Å²) in [6, 6.07) is 27.5. The third-order valence-corrected chi connectivity index (χ3v) is 5.19. The number of carbonyl (C=O) groups is 2. The normalized spacial score (nSPS) is 11.8. The lowest BCUT2D eigenvalue weighted by atomic mass is 10.1. The van der Waals surface area contributed by atoms with E-state index in [0.29, 0.717) is 17.1 Å². The lowest BCUT2D eigenvalue weighted by Crippen LogP contribution is -2.33. The predicted molar refractivity (Wildman–Crippen MR) is 132 cm³/mol. The van der Waals surface area contributed by atoms with Crippen molar-refractivity contribution >= 4 is 28.9 Å². The summed E-state index contributed by atoms with van der Waals surface area (Å²) in [6.45, 7) is 3.63. The van der Waals surface area contributed by atoms with Gasteiger partial charge in [0.15, 0.2) is 6.10 Å². The highest BCUT2D eigenvalue weighted by atomic mass is 16.5. The minimum absolute atomic E-state index is 0.368. The molecule has 0 aromatic heterocycles. The molecule has 4 aromatic rings. The number of nitrogens with zero attached hydrogens (tertiary/aromatic N) is 1. The van der Waals surface area contributed by atoms with Crippen LogP contribution in [0, 0.1) is 6.92 Å². The van der Waals surface area contributed by atoms with E-state index < -0.39 is 12.1 Å². The zero-order valence-corrected chi connectivity index (χ0v) is 18.9. The number of benzene rings is 4. The van der Waals surface area contributed by atoms with E-state index in [9.17, 15) is 9.59 Å². The number of hydrogen-bond acceptors (Lipinski definition) is 5. The highest BCUT2D eigenvalue weighted by Gasteiger charge is 2.15. The fraction of sp³-hybridized carbons (Fsp3) is 0.107. The van der Waals surface area contributed by atoms with Crippen LogP contribution < -0.4 is 14.9 Å². The molecule has 34 heavy (non-hydrogen) atoms. The summed E-state index contributed by atoms with van der Waals surface area (Å²) in [5.74, 6) is 0.270. The van der Waals surface area contributed by atoms with Gasteiger partial charge in [-0.05, 0) is 67.3 Å². The molecule has 1 unspecified atom stereocenters. The SMILES string of the molecule is Cc1ccc(C(=O)Oc2ccc(C=NNC(=O)C(C)Oc3cccc4ccccc34)cc2)cc1. The standard InChI is InChI=1S/C28H24N2O4/c1-19-10-14-23(15-11-19)28(32)34-24-16-12-21(13-17-24)18-29-30-27(31)20(2)33-26-9-5-7-22-6-3-4-8-25(22)26/h3-18,20H,1-2H3,(H,30,31). The Hall–Kier alpha value is -4.45. The molecule has 0 fully saturated rings. The van der Waals surface area contributed by atoms with Crippen molar-refractivity contribution < 1.29 is 19.1 Å². The van der Waals surface area contributed by atoms with E-state index >= 15 is 0 Å². The third kappa shape index (κ3) is 5.66. The summed E-state index contributed by atoms with van der Waals surface area (Å²) < 4.78 is 11.2. The van der Waals surface area contributed by atoms with Crippen LogP contribution in [0.5, 0.6) is 11.5 Å². The van der Waals surface area contributed by atoms with Crippen molar-refractivity contribution in [2.24, 2.45) is 5.10 Å².